The Morgan fingerprint density at radius 1 is 0.905 bits per heavy atom. The van der Waals surface area contributed by atoms with Crippen LogP contribution in [0, 0.1) is 0 Å². The van der Waals surface area contributed by atoms with Crippen molar-refractivity contribution in [3.63, 3.8) is 0 Å². The first-order valence-electron chi connectivity index (χ1n) is 7.41. The van der Waals surface area contributed by atoms with E-state index in [2.05, 4.69) is 36.1 Å². The highest BCUT2D eigenvalue weighted by Gasteiger charge is 2.06. The molecule has 2 aromatic carbocycles. The molecular weight excluding hydrogens is 260 g/mol. The minimum atomic E-state index is 0.816. The zero-order valence-electron chi connectivity index (χ0n) is 12.9. The molecule has 0 aromatic heterocycles. The maximum Gasteiger partial charge on any atom is 0.118 e. The molecule has 2 N–H and O–H groups in total. The molecule has 0 saturated carbocycles. The molecule has 0 aliphatic heterocycles. The predicted octanol–water partition coefficient (Wildman–Crippen LogP) is 3.69. The molecule has 112 valence electrons. The summed E-state index contributed by atoms with van der Waals surface area (Å²) in [6.07, 6.45) is 1.14. The molecule has 0 saturated heterocycles. The van der Waals surface area contributed by atoms with Gasteiger partial charge in [-0.05, 0) is 48.4 Å². The quantitative estimate of drug-likeness (QED) is 0.788. The fourth-order valence-electron chi connectivity index (χ4n) is 2.40. The van der Waals surface area contributed by atoms with Gasteiger partial charge < -0.3 is 10.5 Å². The third-order valence-corrected chi connectivity index (χ3v) is 3.49. The van der Waals surface area contributed by atoms with E-state index in [1.54, 1.807) is 7.11 Å². The monoisotopic (exact) mass is 284 g/mol. The van der Waals surface area contributed by atoms with Crippen molar-refractivity contribution >= 4 is 5.69 Å². The lowest BCUT2D eigenvalue weighted by atomic mass is 10.1. The minimum Gasteiger partial charge on any atom is -0.497 e. The molecule has 0 bridgehead atoms. The molecule has 3 nitrogen and oxygen atoms in total. The average Bonchev–Trinajstić information content (AvgIpc) is 2.50. The minimum absolute atomic E-state index is 0.816. The summed E-state index contributed by atoms with van der Waals surface area (Å²) in [5, 5.41) is 0. The van der Waals surface area contributed by atoms with Crippen molar-refractivity contribution in [2.75, 3.05) is 19.4 Å². The van der Waals surface area contributed by atoms with Crippen LogP contribution < -0.4 is 10.5 Å². The van der Waals surface area contributed by atoms with E-state index in [1.165, 1.54) is 11.1 Å². The number of benzene rings is 2. The lowest BCUT2D eigenvalue weighted by Crippen LogP contribution is -2.23. The number of hydrogen-bond acceptors (Lipinski definition) is 3. The Labute approximate surface area is 127 Å². The lowest BCUT2D eigenvalue weighted by Gasteiger charge is -2.22. The fraction of sp³-hybridized carbons (Fsp3) is 0.333. The van der Waals surface area contributed by atoms with Gasteiger partial charge in [0.1, 0.15) is 5.75 Å². The second-order valence-corrected chi connectivity index (χ2v) is 5.30. The Balaban J connectivity index is 2.02. The smallest absolute Gasteiger partial charge is 0.118 e. The number of nitrogens with zero attached hydrogens (tertiary/aromatic N) is 1. The molecule has 0 aliphatic rings. The predicted molar refractivity (Wildman–Crippen MR) is 88.3 cm³/mol. The molecular formula is C18H24N2O. The first-order chi connectivity index (χ1) is 10.2. The van der Waals surface area contributed by atoms with Crippen LogP contribution in [0.5, 0.6) is 5.75 Å². The van der Waals surface area contributed by atoms with Crippen LogP contribution in [-0.2, 0) is 13.1 Å². The summed E-state index contributed by atoms with van der Waals surface area (Å²) in [6, 6.07) is 16.4. The van der Waals surface area contributed by atoms with Crippen molar-refractivity contribution in [2.24, 2.45) is 0 Å². The van der Waals surface area contributed by atoms with Gasteiger partial charge in [-0.2, -0.15) is 0 Å². The van der Waals surface area contributed by atoms with E-state index in [-0.39, 0.29) is 0 Å². The number of nitrogen functional groups attached to an aromatic ring is 1. The third kappa shape index (κ3) is 4.80. The summed E-state index contributed by atoms with van der Waals surface area (Å²) in [5.74, 6) is 0.902. The van der Waals surface area contributed by atoms with Gasteiger partial charge >= 0.3 is 0 Å². The van der Waals surface area contributed by atoms with Gasteiger partial charge in [0.2, 0.25) is 0 Å². The Morgan fingerprint density at radius 2 is 1.43 bits per heavy atom. The van der Waals surface area contributed by atoms with E-state index in [0.717, 1.165) is 37.5 Å². The molecule has 0 atom stereocenters. The first kappa shape index (κ1) is 15.4. The van der Waals surface area contributed by atoms with E-state index in [9.17, 15) is 0 Å². The number of anilines is 1. The van der Waals surface area contributed by atoms with Crippen molar-refractivity contribution in [1.29, 1.82) is 0 Å². The standard InChI is InChI=1S/C18H24N2O/c1-3-12-20(13-15-4-8-17(19)9-5-15)14-16-6-10-18(21-2)11-7-16/h4-11H,3,12-14,19H2,1-2H3. The van der Waals surface area contributed by atoms with E-state index in [0.29, 0.717) is 0 Å². The Bertz CT molecular complexity index is 534. The van der Waals surface area contributed by atoms with Crippen molar-refractivity contribution in [3.05, 3.63) is 59.7 Å². The normalized spacial score (nSPS) is 10.8. The number of methoxy groups -OCH3 is 1. The summed E-state index contributed by atoms with van der Waals surface area (Å²) in [5.41, 5.74) is 9.16. The largest absolute Gasteiger partial charge is 0.497 e. The molecule has 21 heavy (non-hydrogen) atoms. The zero-order valence-corrected chi connectivity index (χ0v) is 12.9. The second kappa shape index (κ2) is 7.70. The Morgan fingerprint density at radius 3 is 1.90 bits per heavy atom. The Kier molecular flexibility index (Phi) is 5.64. The lowest BCUT2D eigenvalue weighted by molar-refractivity contribution is 0.257. The number of nitrogens with two attached hydrogens (primary N) is 1. The van der Waals surface area contributed by atoms with Gasteiger partial charge in [0.15, 0.2) is 0 Å². The highest BCUT2D eigenvalue weighted by Crippen LogP contribution is 2.15. The summed E-state index contributed by atoms with van der Waals surface area (Å²) in [4.78, 5) is 2.45. The van der Waals surface area contributed by atoms with E-state index in [1.807, 2.05) is 24.3 Å². The third-order valence-electron chi connectivity index (χ3n) is 3.49. The number of ether oxygens (including phenoxy) is 1. The molecule has 2 aromatic rings. The van der Waals surface area contributed by atoms with Gasteiger partial charge in [-0.25, -0.2) is 0 Å². The Hall–Kier alpha value is -2.00. The van der Waals surface area contributed by atoms with Crippen molar-refractivity contribution in [3.8, 4) is 5.75 Å². The van der Waals surface area contributed by atoms with Crippen LogP contribution in [0.2, 0.25) is 0 Å². The highest BCUT2D eigenvalue weighted by molar-refractivity contribution is 5.39. The second-order valence-electron chi connectivity index (χ2n) is 5.30. The van der Waals surface area contributed by atoms with E-state index >= 15 is 0 Å². The van der Waals surface area contributed by atoms with Gasteiger partial charge in [0, 0.05) is 18.8 Å². The zero-order chi connectivity index (χ0) is 15.1. The maximum absolute atomic E-state index is 5.74. The van der Waals surface area contributed by atoms with Crippen molar-refractivity contribution in [1.82, 2.24) is 4.90 Å². The van der Waals surface area contributed by atoms with E-state index in [4.69, 9.17) is 10.5 Å². The summed E-state index contributed by atoms with van der Waals surface area (Å²) in [6.45, 7) is 5.18. The molecule has 0 spiro atoms. The molecule has 3 heteroatoms. The van der Waals surface area contributed by atoms with Crippen LogP contribution in [0.3, 0.4) is 0 Å². The molecule has 0 aliphatic carbocycles. The van der Waals surface area contributed by atoms with Crippen LogP contribution >= 0.6 is 0 Å². The van der Waals surface area contributed by atoms with Gasteiger partial charge in [0.25, 0.3) is 0 Å². The van der Waals surface area contributed by atoms with Crippen molar-refractivity contribution < 1.29 is 4.74 Å². The van der Waals surface area contributed by atoms with E-state index < -0.39 is 0 Å². The summed E-state index contributed by atoms with van der Waals surface area (Å²) < 4.78 is 5.20. The molecule has 2 rings (SSSR count). The first-order valence-corrected chi connectivity index (χ1v) is 7.41. The average molecular weight is 284 g/mol. The van der Waals surface area contributed by atoms with Crippen LogP contribution in [0.15, 0.2) is 48.5 Å². The molecule has 0 heterocycles. The molecule has 0 radical (unpaired) electrons. The fourth-order valence-corrected chi connectivity index (χ4v) is 2.40. The molecule has 0 fully saturated rings. The van der Waals surface area contributed by atoms with Gasteiger partial charge in [-0.15, -0.1) is 0 Å². The van der Waals surface area contributed by atoms with Crippen molar-refractivity contribution in [2.45, 2.75) is 26.4 Å². The van der Waals surface area contributed by atoms with Crippen LogP contribution in [-0.4, -0.2) is 18.6 Å². The van der Waals surface area contributed by atoms with Crippen LogP contribution in [0.4, 0.5) is 5.69 Å². The summed E-state index contributed by atoms with van der Waals surface area (Å²) in [7, 11) is 1.69. The maximum atomic E-state index is 5.74. The van der Waals surface area contributed by atoms with Gasteiger partial charge in [-0.1, -0.05) is 31.2 Å². The number of rotatable bonds is 7. The number of hydrogen-bond donors (Lipinski definition) is 1. The van der Waals surface area contributed by atoms with Gasteiger partial charge in [-0.3, -0.25) is 4.90 Å². The SMILES string of the molecule is CCCN(Cc1ccc(N)cc1)Cc1ccc(OC)cc1. The highest BCUT2D eigenvalue weighted by atomic mass is 16.5. The molecule has 0 amide bonds. The van der Waals surface area contributed by atoms with Crippen LogP contribution in [0.1, 0.15) is 24.5 Å². The van der Waals surface area contributed by atoms with Crippen LogP contribution in [0.25, 0.3) is 0 Å². The summed E-state index contributed by atoms with van der Waals surface area (Å²) >= 11 is 0. The molecule has 0 unspecified atom stereocenters. The topological polar surface area (TPSA) is 38.5 Å². The van der Waals surface area contributed by atoms with Gasteiger partial charge in [0.05, 0.1) is 7.11 Å².